The lowest BCUT2D eigenvalue weighted by atomic mass is 9.84. The normalized spacial score (nSPS) is 17.2. The average Bonchev–Trinajstić information content (AvgIpc) is 2.63. The molecule has 1 aliphatic rings. The number of benzene rings is 2. The van der Waals surface area contributed by atoms with Gasteiger partial charge in [0.25, 0.3) is 10.0 Å². The molecule has 0 aliphatic heterocycles. The topological polar surface area (TPSA) is 63.2 Å². The maximum Gasteiger partial charge on any atom is 0.261 e. The van der Waals surface area contributed by atoms with Crippen LogP contribution in [0.1, 0.15) is 43.6 Å². The van der Waals surface area contributed by atoms with Crippen molar-refractivity contribution in [3.05, 3.63) is 54.1 Å². The van der Waals surface area contributed by atoms with E-state index < -0.39 is 20.8 Å². The van der Waals surface area contributed by atoms with Gasteiger partial charge in [-0.2, -0.15) is 0 Å². The Hall–Kier alpha value is -1.66. The van der Waals surface area contributed by atoms with Gasteiger partial charge in [-0.1, -0.05) is 31.4 Å². The van der Waals surface area contributed by atoms with E-state index in [4.69, 9.17) is 0 Å². The summed E-state index contributed by atoms with van der Waals surface area (Å²) in [7, 11) is -4.70. The van der Waals surface area contributed by atoms with Gasteiger partial charge in [0.05, 0.1) is 4.90 Å². The molecular weight excluding hydrogens is 354 g/mol. The Balaban J connectivity index is 1.74. The Morgan fingerprint density at radius 2 is 1.52 bits per heavy atom. The molecule has 2 aromatic carbocycles. The van der Waals surface area contributed by atoms with Gasteiger partial charge in [0.1, 0.15) is 0 Å². The first kappa shape index (κ1) is 18.1. The fraction of sp³-hybridized carbons (Fsp3) is 0.368. The van der Waals surface area contributed by atoms with Crippen LogP contribution in [0.25, 0.3) is 0 Å². The molecule has 2 aromatic rings. The van der Waals surface area contributed by atoms with Crippen LogP contribution in [-0.2, 0) is 20.8 Å². The van der Waals surface area contributed by atoms with E-state index in [0.717, 1.165) is 0 Å². The number of nitrogens with one attached hydrogen (secondary N) is 1. The molecule has 6 heteroatoms. The number of rotatable bonds is 5. The molecule has 1 fully saturated rings. The summed E-state index contributed by atoms with van der Waals surface area (Å²) in [6.07, 6.45) is 7.78. The van der Waals surface area contributed by atoms with Crippen LogP contribution in [0, 0.1) is 0 Å². The number of hydrogen-bond donors (Lipinski definition) is 1. The van der Waals surface area contributed by atoms with E-state index in [1.807, 2.05) is 12.1 Å². The molecular formula is C19H23NO3S2. The molecule has 25 heavy (non-hydrogen) atoms. The summed E-state index contributed by atoms with van der Waals surface area (Å²) in [4.78, 5) is 0.926. The third-order valence-electron chi connectivity index (χ3n) is 4.71. The fourth-order valence-corrected chi connectivity index (χ4v) is 4.86. The summed E-state index contributed by atoms with van der Waals surface area (Å²) < 4.78 is 39.0. The Bertz CT molecular complexity index is 837. The molecule has 0 spiro atoms. The highest BCUT2D eigenvalue weighted by molar-refractivity contribution is 7.92. The smallest absolute Gasteiger partial charge is 0.261 e. The van der Waals surface area contributed by atoms with Gasteiger partial charge in [-0.15, -0.1) is 0 Å². The standard InChI is InChI=1S/C19H23NO3S2/c1-24(21)18-11-9-17(10-12-18)20-25(22,23)19-13-7-16(8-14-19)15-5-3-2-4-6-15/h7-15,20H,2-6H2,1H3/t24-/m0/s1. The Morgan fingerprint density at radius 1 is 0.920 bits per heavy atom. The van der Waals surface area contributed by atoms with E-state index in [-0.39, 0.29) is 4.90 Å². The first-order chi connectivity index (χ1) is 12.0. The van der Waals surface area contributed by atoms with Crippen LogP contribution >= 0.6 is 0 Å². The number of hydrogen-bond acceptors (Lipinski definition) is 3. The van der Waals surface area contributed by atoms with Crippen molar-refractivity contribution < 1.29 is 12.6 Å². The van der Waals surface area contributed by atoms with Crippen LogP contribution < -0.4 is 4.72 Å². The lowest BCUT2D eigenvalue weighted by Crippen LogP contribution is -2.13. The van der Waals surface area contributed by atoms with Crippen molar-refractivity contribution >= 4 is 26.5 Å². The maximum atomic E-state index is 12.5. The summed E-state index contributed by atoms with van der Waals surface area (Å²) in [6.45, 7) is 0. The SMILES string of the molecule is C[S@](=O)c1ccc(NS(=O)(=O)c2ccc(C3CCCCC3)cc2)cc1. The van der Waals surface area contributed by atoms with Crippen LogP contribution in [0.5, 0.6) is 0 Å². The van der Waals surface area contributed by atoms with Gasteiger partial charge in [-0.3, -0.25) is 8.93 Å². The third-order valence-corrected chi connectivity index (χ3v) is 7.04. The van der Waals surface area contributed by atoms with Crippen molar-refractivity contribution in [3.8, 4) is 0 Å². The quantitative estimate of drug-likeness (QED) is 0.846. The highest BCUT2D eigenvalue weighted by Gasteiger charge is 2.18. The minimum atomic E-state index is -3.62. The maximum absolute atomic E-state index is 12.5. The van der Waals surface area contributed by atoms with E-state index >= 15 is 0 Å². The monoisotopic (exact) mass is 377 g/mol. The predicted molar refractivity (Wildman–Crippen MR) is 102 cm³/mol. The molecule has 0 heterocycles. The number of anilines is 1. The molecule has 0 saturated heterocycles. The summed E-state index contributed by atoms with van der Waals surface area (Å²) in [5.41, 5.74) is 1.69. The van der Waals surface area contributed by atoms with Crippen molar-refractivity contribution in [3.63, 3.8) is 0 Å². The zero-order valence-electron chi connectivity index (χ0n) is 14.3. The van der Waals surface area contributed by atoms with Crippen molar-refractivity contribution in [2.75, 3.05) is 11.0 Å². The van der Waals surface area contributed by atoms with E-state index in [1.54, 1.807) is 42.7 Å². The average molecular weight is 378 g/mol. The second kappa shape index (κ2) is 7.70. The first-order valence-corrected chi connectivity index (χ1v) is 11.6. The van der Waals surface area contributed by atoms with E-state index in [0.29, 0.717) is 16.5 Å². The largest absolute Gasteiger partial charge is 0.280 e. The van der Waals surface area contributed by atoms with Gasteiger partial charge in [0.15, 0.2) is 0 Å². The van der Waals surface area contributed by atoms with Crippen molar-refractivity contribution in [1.82, 2.24) is 0 Å². The predicted octanol–water partition coefficient (Wildman–Crippen LogP) is 4.27. The minimum absolute atomic E-state index is 0.259. The summed E-state index contributed by atoms with van der Waals surface area (Å²) in [6, 6.07) is 13.8. The second-order valence-electron chi connectivity index (χ2n) is 6.49. The van der Waals surface area contributed by atoms with Crippen molar-refractivity contribution in [1.29, 1.82) is 0 Å². The molecule has 4 nitrogen and oxygen atoms in total. The molecule has 3 rings (SSSR count). The molecule has 1 saturated carbocycles. The number of sulfonamides is 1. The van der Waals surface area contributed by atoms with Gasteiger partial charge in [-0.25, -0.2) is 8.42 Å². The van der Waals surface area contributed by atoms with Crippen LogP contribution in [0.3, 0.4) is 0 Å². The second-order valence-corrected chi connectivity index (χ2v) is 9.55. The lowest BCUT2D eigenvalue weighted by Gasteiger charge is -2.22. The molecule has 1 atom stereocenters. The van der Waals surface area contributed by atoms with Gasteiger partial charge in [0.2, 0.25) is 0 Å². The van der Waals surface area contributed by atoms with Crippen molar-refractivity contribution in [2.24, 2.45) is 0 Å². The summed E-state index contributed by atoms with van der Waals surface area (Å²) in [5.74, 6) is 0.556. The van der Waals surface area contributed by atoms with Gasteiger partial charge >= 0.3 is 0 Å². The Labute approximate surface area is 152 Å². The van der Waals surface area contributed by atoms with Crippen LogP contribution in [0.4, 0.5) is 5.69 Å². The van der Waals surface area contributed by atoms with Crippen LogP contribution in [0.15, 0.2) is 58.3 Å². The highest BCUT2D eigenvalue weighted by atomic mass is 32.2. The molecule has 0 unspecified atom stereocenters. The van der Waals surface area contributed by atoms with E-state index in [2.05, 4.69) is 4.72 Å². The third kappa shape index (κ3) is 4.50. The lowest BCUT2D eigenvalue weighted by molar-refractivity contribution is 0.443. The molecule has 134 valence electrons. The molecule has 0 amide bonds. The highest BCUT2D eigenvalue weighted by Crippen LogP contribution is 2.33. The van der Waals surface area contributed by atoms with Gasteiger partial charge in [-0.05, 0) is 60.7 Å². The first-order valence-electron chi connectivity index (χ1n) is 8.52. The van der Waals surface area contributed by atoms with E-state index in [1.165, 1.54) is 37.7 Å². The zero-order chi connectivity index (χ0) is 17.9. The van der Waals surface area contributed by atoms with Crippen LogP contribution in [0.2, 0.25) is 0 Å². The minimum Gasteiger partial charge on any atom is -0.280 e. The molecule has 0 radical (unpaired) electrons. The van der Waals surface area contributed by atoms with Crippen LogP contribution in [-0.4, -0.2) is 18.9 Å². The van der Waals surface area contributed by atoms with Gasteiger partial charge < -0.3 is 0 Å². The summed E-state index contributed by atoms with van der Waals surface area (Å²) in [5, 5.41) is 0. The molecule has 0 aromatic heterocycles. The van der Waals surface area contributed by atoms with E-state index in [9.17, 15) is 12.6 Å². The molecule has 1 aliphatic carbocycles. The molecule has 0 bridgehead atoms. The Morgan fingerprint density at radius 3 is 2.08 bits per heavy atom. The summed E-state index contributed by atoms with van der Waals surface area (Å²) >= 11 is 0. The zero-order valence-corrected chi connectivity index (χ0v) is 15.9. The van der Waals surface area contributed by atoms with Crippen molar-refractivity contribution in [2.45, 2.75) is 47.8 Å². The van der Waals surface area contributed by atoms with Gasteiger partial charge in [0, 0.05) is 27.6 Å². The Kier molecular flexibility index (Phi) is 5.59. The molecule has 1 N–H and O–H groups in total. The fourth-order valence-electron chi connectivity index (χ4n) is 3.28.